The van der Waals surface area contributed by atoms with E-state index in [1.54, 1.807) is 5.57 Å². The predicted octanol–water partition coefficient (Wildman–Crippen LogP) is 12.6. The fourth-order valence-electron chi connectivity index (χ4n) is 8.03. The molecule has 0 bridgehead atoms. The summed E-state index contributed by atoms with van der Waals surface area (Å²) in [7, 11) is -3.86. The first kappa shape index (κ1) is 37.0. The zero-order valence-corrected chi connectivity index (χ0v) is 33.2. The van der Waals surface area contributed by atoms with Crippen molar-refractivity contribution in [3.05, 3.63) is 35.5 Å². The van der Waals surface area contributed by atoms with E-state index < -0.39 is 16.6 Å². The van der Waals surface area contributed by atoms with Gasteiger partial charge in [-0.05, 0) is 115 Å². The second-order valence-electron chi connectivity index (χ2n) is 18.7. The van der Waals surface area contributed by atoms with Crippen LogP contribution in [-0.4, -0.2) is 28.8 Å². The molecule has 0 saturated heterocycles. The first-order chi connectivity index (χ1) is 19.6. The van der Waals surface area contributed by atoms with Gasteiger partial charge in [0.15, 0.2) is 16.6 Å². The van der Waals surface area contributed by atoms with Crippen LogP contribution in [0.4, 0.5) is 0 Å². The van der Waals surface area contributed by atoms with Crippen LogP contribution in [0, 0.1) is 29.1 Å². The normalized spacial score (nSPS) is 32.1. The number of rotatable bonds is 10. The van der Waals surface area contributed by atoms with E-state index in [1.807, 2.05) is 0 Å². The molecule has 0 aromatic carbocycles. The maximum Gasteiger partial charge on any atom is 0.192 e. The van der Waals surface area contributed by atoms with E-state index >= 15 is 0 Å². The molecule has 0 aliphatic heterocycles. The Balaban J connectivity index is 1.87. The lowest BCUT2D eigenvalue weighted by atomic mass is 9.60. The molecular formula is C39H72O2Si2. The molecule has 3 rings (SSSR count). The van der Waals surface area contributed by atoms with Crippen LogP contribution in [0.5, 0.6) is 0 Å². The molecule has 0 radical (unpaired) electrons. The largest absolute Gasteiger partial charge is 0.413 e. The van der Waals surface area contributed by atoms with Gasteiger partial charge in [-0.1, -0.05) is 113 Å². The highest BCUT2D eigenvalue weighted by atomic mass is 28.4. The lowest BCUT2D eigenvalue weighted by molar-refractivity contribution is 0.0927. The highest BCUT2D eigenvalue weighted by molar-refractivity contribution is 6.74. The molecule has 0 N–H and O–H groups in total. The minimum atomic E-state index is -1.95. The lowest BCUT2D eigenvalue weighted by Gasteiger charge is -2.46. The summed E-state index contributed by atoms with van der Waals surface area (Å²) in [6, 6.07) is 0. The molecule has 43 heavy (non-hydrogen) atoms. The maximum atomic E-state index is 7.09. The van der Waals surface area contributed by atoms with E-state index in [9.17, 15) is 0 Å². The molecule has 0 aromatic rings. The van der Waals surface area contributed by atoms with Gasteiger partial charge in [-0.3, -0.25) is 0 Å². The molecule has 3 saturated carbocycles. The Morgan fingerprint density at radius 3 is 2.09 bits per heavy atom. The third kappa shape index (κ3) is 8.69. The second kappa shape index (κ2) is 13.7. The van der Waals surface area contributed by atoms with E-state index in [0.29, 0.717) is 5.41 Å². The van der Waals surface area contributed by atoms with E-state index in [4.69, 9.17) is 15.4 Å². The van der Waals surface area contributed by atoms with Crippen LogP contribution in [0.3, 0.4) is 0 Å². The van der Waals surface area contributed by atoms with Crippen molar-refractivity contribution in [3.8, 4) is 0 Å². The quantitative estimate of drug-likeness (QED) is 0.224. The topological polar surface area (TPSA) is 18.5 Å². The molecule has 3 aliphatic carbocycles. The summed E-state index contributed by atoms with van der Waals surface area (Å²) in [6.07, 6.45) is 18.1. The van der Waals surface area contributed by atoms with Crippen LogP contribution in [0.2, 0.25) is 36.3 Å². The van der Waals surface area contributed by atoms with Gasteiger partial charge in [0.1, 0.15) is 0 Å². The molecule has 248 valence electrons. The van der Waals surface area contributed by atoms with Gasteiger partial charge in [0, 0.05) is 6.42 Å². The van der Waals surface area contributed by atoms with Gasteiger partial charge in [0.2, 0.25) is 0 Å². The van der Waals surface area contributed by atoms with E-state index in [0.717, 1.165) is 36.5 Å². The zero-order valence-electron chi connectivity index (χ0n) is 31.2. The molecule has 0 spiro atoms. The van der Waals surface area contributed by atoms with Crippen LogP contribution >= 0.6 is 0 Å². The van der Waals surface area contributed by atoms with Crippen molar-refractivity contribution in [1.29, 1.82) is 0 Å². The van der Waals surface area contributed by atoms with Crippen molar-refractivity contribution in [2.45, 2.75) is 182 Å². The summed E-state index contributed by atoms with van der Waals surface area (Å²) in [5.41, 5.74) is 4.75. The van der Waals surface area contributed by atoms with Gasteiger partial charge in [-0.2, -0.15) is 0 Å². The highest BCUT2D eigenvalue weighted by Gasteiger charge is 2.50. The second-order valence-corrected chi connectivity index (χ2v) is 28.2. The van der Waals surface area contributed by atoms with Crippen molar-refractivity contribution in [1.82, 2.24) is 0 Å². The zero-order chi connectivity index (χ0) is 32.6. The predicted molar refractivity (Wildman–Crippen MR) is 195 cm³/mol. The smallest absolute Gasteiger partial charge is 0.192 e. The van der Waals surface area contributed by atoms with Crippen LogP contribution in [0.15, 0.2) is 35.5 Å². The third-order valence-corrected chi connectivity index (χ3v) is 21.9. The SMILES string of the molecule is C=C1/C(=C/C=C2CCC[C@]3(C)[C@@H]([C@H](C)CCCC(C)C)CC[C@@H]23)C[C@@H](O[Si](C)(C)C(C)(C)C)C[C@H]1O[Si](C)(C)C(C)(C)C. The molecule has 0 heterocycles. The van der Waals surface area contributed by atoms with Gasteiger partial charge in [-0.15, -0.1) is 0 Å². The average molecular weight is 629 g/mol. The van der Waals surface area contributed by atoms with Crippen LogP contribution in [0.1, 0.15) is 133 Å². The van der Waals surface area contributed by atoms with Gasteiger partial charge < -0.3 is 8.85 Å². The summed E-state index contributed by atoms with van der Waals surface area (Å²) < 4.78 is 14.2. The molecular weight excluding hydrogens is 557 g/mol. The minimum absolute atomic E-state index is 0.0493. The molecule has 0 aromatic heterocycles. The molecule has 0 amide bonds. The molecule has 6 atom stereocenters. The van der Waals surface area contributed by atoms with Crippen LogP contribution in [-0.2, 0) is 8.85 Å². The Labute approximate surface area is 271 Å². The Hall–Kier alpha value is -0.426. The number of fused-ring (bicyclic) bond motifs is 1. The third-order valence-electron chi connectivity index (χ3n) is 12.9. The Morgan fingerprint density at radius 2 is 1.51 bits per heavy atom. The molecule has 0 unspecified atom stereocenters. The Bertz CT molecular complexity index is 1020. The van der Waals surface area contributed by atoms with Crippen molar-refractivity contribution in [2.24, 2.45) is 29.1 Å². The highest BCUT2D eigenvalue weighted by Crippen LogP contribution is 2.60. The van der Waals surface area contributed by atoms with Crippen LogP contribution < -0.4 is 0 Å². The first-order valence-corrected chi connectivity index (χ1v) is 23.8. The van der Waals surface area contributed by atoms with Crippen molar-refractivity contribution >= 4 is 16.6 Å². The average Bonchev–Trinajstić information content (AvgIpc) is 3.20. The summed E-state index contributed by atoms with van der Waals surface area (Å²) in [4.78, 5) is 0. The van der Waals surface area contributed by atoms with Gasteiger partial charge in [0.25, 0.3) is 0 Å². The lowest BCUT2D eigenvalue weighted by Crippen LogP contribution is -2.49. The summed E-state index contributed by atoms with van der Waals surface area (Å²) >= 11 is 0. The minimum Gasteiger partial charge on any atom is -0.413 e. The monoisotopic (exact) mass is 629 g/mol. The van der Waals surface area contributed by atoms with Gasteiger partial charge in [-0.25, -0.2) is 0 Å². The van der Waals surface area contributed by atoms with Crippen LogP contribution in [0.25, 0.3) is 0 Å². The van der Waals surface area contributed by atoms with E-state index in [-0.39, 0.29) is 22.3 Å². The fraction of sp³-hybridized carbons (Fsp3) is 0.846. The first-order valence-electron chi connectivity index (χ1n) is 18.0. The molecule has 3 fully saturated rings. The Kier molecular flexibility index (Phi) is 11.8. The van der Waals surface area contributed by atoms with Crippen molar-refractivity contribution in [3.63, 3.8) is 0 Å². The maximum absolute atomic E-state index is 7.09. The molecule has 4 heteroatoms. The summed E-state index contributed by atoms with van der Waals surface area (Å²) in [5, 5.41) is 0.366. The fourth-order valence-corrected chi connectivity index (χ4v) is 10.7. The standard InChI is InChI=1S/C39H72O2Si2/c1-28(2)18-16-19-29(3)34-23-24-35-31(20-17-25-39(34,35)11)21-22-32-26-33(40-42(12,13)37(5,6)7)27-36(30(32)4)41-43(14,15)38(8,9)10/h21-22,28-29,33-36H,4,16-20,23-27H2,1-3,5-15H3/b31-21?,32-22+/t29-,33-,34-,35+,36-,39-/m1/s1. The van der Waals surface area contributed by atoms with Gasteiger partial charge >= 0.3 is 0 Å². The van der Waals surface area contributed by atoms with Gasteiger partial charge in [0.05, 0.1) is 12.2 Å². The number of allylic oxidation sites excluding steroid dienone is 3. The summed E-state index contributed by atoms with van der Waals surface area (Å²) in [5.74, 6) is 3.28. The number of hydrogen-bond donors (Lipinski definition) is 0. The molecule has 3 aliphatic rings. The summed E-state index contributed by atoms with van der Waals surface area (Å²) in [6.45, 7) is 38.3. The van der Waals surface area contributed by atoms with Crippen molar-refractivity contribution < 1.29 is 8.85 Å². The molecule has 2 nitrogen and oxygen atoms in total. The Morgan fingerprint density at radius 1 is 0.907 bits per heavy atom. The number of hydrogen-bond acceptors (Lipinski definition) is 2. The van der Waals surface area contributed by atoms with Crippen molar-refractivity contribution in [2.75, 3.05) is 0 Å². The van der Waals surface area contributed by atoms with E-state index in [1.165, 1.54) is 62.5 Å². The van der Waals surface area contributed by atoms with E-state index in [2.05, 4.69) is 108 Å².